The lowest BCUT2D eigenvalue weighted by atomic mass is 10.2. The zero-order valence-electron chi connectivity index (χ0n) is 17.7. The molecule has 2 rings (SSSR count). The predicted octanol–water partition coefficient (Wildman–Crippen LogP) is 3.56. The monoisotopic (exact) mass is 468 g/mol. The maximum atomic E-state index is 12.8. The SMILES string of the molecule is CCN(CC)S(=O)(=O)c1cc(C(=O)O[C@@H](C)C(=O)Nc2ccccc2OC)ccc1Cl. The summed E-state index contributed by atoms with van der Waals surface area (Å²) in [6, 6.07) is 10.6. The van der Waals surface area contributed by atoms with E-state index in [0.717, 1.165) is 6.07 Å². The zero-order chi connectivity index (χ0) is 23.2. The van der Waals surface area contributed by atoms with Crippen molar-refractivity contribution in [2.45, 2.75) is 31.8 Å². The Morgan fingerprint density at radius 2 is 1.77 bits per heavy atom. The van der Waals surface area contributed by atoms with Crippen LogP contribution in [0, 0.1) is 0 Å². The summed E-state index contributed by atoms with van der Waals surface area (Å²) in [5.74, 6) is -0.962. The fraction of sp³-hybridized carbons (Fsp3) is 0.333. The van der Waals surface area contributed by atoms with Gasteiger partial charge >= 0.3 is 5.97 Å². The highest BCUT2D eigenvalue weighted by molar-refractivity contribution is 7.89. The number of carbonyl (C=O) groups excluding carboxylic acids is 2. The lowest BCUT2D eigenvalue weighted by Crippen LogP contribution is -2.31. The summed E-state index contributed by atoms with van der Waals surface area (Å²) in [7, 11) is -2.41. The first-order chi connectivity index (χ1) is 14.6. The van der Waals surface area contributed by atoms with Crippen LogP contribution in [0.25, 0.3) is 0 Å². The van der Waals surface area contributed by atoms with Crippen molar-refractivity contribution in [3.05, 3.63) is 53.1 Å². The van der Waals surface area contributed by atoms with Gasteiger partial charge in [-0.25, -0.2) is 13.2 Å². The number of esters is 1. The zero-order valence-corrected chi connectivity index (χ0v) is 19.3. The van der Waals surface area contributed by atoms with Crippen LogP contribution in [0.4, 0.5) is 5.69 Å². The van der Waals surface area contributed by atoms with E-state index < -0.39 is 28.0 Å². The van der Waals surface area contributed by atoms with Crippen LogP contribution in [0.1, 0.15) is 31.1 Å². The van der Waals surface area contributed by atoms with Crippen LogP contribution in [0.15, 0.2) is 47.4 Å². The van der Waals surface area contributed by atoms with Crippen LogP contribution in [0.3, 0.4) is 0 Å². The molecule has 0 unspecified atom stereocenters. The maximum Gasteiger partial charge on any atom is 0.338 e. The molecule has 168 valence electrons. The molecule has 0 spiro atoms. The minimum Gasteiger partial charge on any atom is -0.495 e. The van der Waals surface area contributed by atoms with Gasteiger partial charge < -0.3 is 14.8 Å². The highest BCUT2D eigenvalue weighted by atomic mass is 35.5. The summed E-state index contributed by atoms with van der Waals surface area (Å²) in [5.41, 5.74) is 0.393. The van der Waals surface area contributed by atoms with Crippen LogP contribution < -0.4 is 10.1 Å². The minimum atomic E-state index is -3.88. The molecule has 0 aliphatic carbocycles. The first kappa shape index (κ1) is 24.6. The molecular weight excluding hydrogens is 444 g/mol. The van der Waals surface area contributed by atoms with Crippen molar-refractivity contribution in [1.29, 1.82) is 0 Å². The second-order valence-electron chi connectivity index (χ2n) is 6.47. The molecule has 1 atom stereocenters. The lowest BCUT2D eigenvalue weighted by Gasteiger charge is -2.20. The van der Waals surface area contributed by atoms with E-state index in [1.54, 1.807) is 38.1 Å². The maximum absolute atomic E-state index is 12.8. The molecule has 0 fully saturated rings. The van der Waals surface area contributed by atoms with Crippen molar-refractivity contribution in [1.82, 2.24) is 4.31 Å². The van der Waals surface area contributed by atoms with Crippen molar-refractivity contribution in [3.8, 4) is 5.75 Å². The molecule has 10 heteroatoms. The van der Waals surface area contributed by atoms with E-state index in [9.17, 15) is 18.0 Å². The summed E-state index contributed by atoms with van der Waals surface area (Å²) >= 11 is 6.08. The highest BCUT2D eigenvalue weighted by Crippen LogP contribution is 2.27. The summed E-state index contributed by atoms with van der Waals surface area (Å²) in [5, 5.41) is 2.62. The first-order valence-corrected chi connectivity index (χ1v) is 11.4. The summed E-state index contributed by atoms with van der Waals surface area (Å²) in [6.45, 7) is 5.32. The predicted molar refractivity (Wildman–Crippen MR) is 118 cm³/mol. The lowest BCUT2D eigenvalue weighted by molar-refractivity contribution is -0.123. The molecule has 0 bridgehead atoms. The number of rotatable bonds is 9. The standard InChI is InChI=1S/C21H25ClN2O6S/c1-5-24(6-2)31(27,28)19-13-15(11-12-16(19)22)21(26)30-14(3)20(25)23-17-9-7-8-10-18(17)29-4/h7-14H,5-6H2,1-4H3,(H,23,25)/t14-/m0/s1. The number of para-hydroxylation sites is 2. The van der Waals surface area contributed by atoms with E-state index in [1.165, 1.54) is 30.5 Å². The van der Waals surface area contributed by atoms with Crippen LogP contribution in [-0.2, 0) is 19.6 Å². The Morgan fingerprint density at radius 3 is 2.39 bits per heavy atom. The van der Waals surface area contributed by atoms with Crippen LogP contribution in [0.2, 0.25) is 5.02 Å². The van der Waals surface area contributed by atoms with Gasteiger partial charge in [0.2, 0.25) is 10.0 Å². The van der Waals surface area contributed by atoms with Gasteiger partial charge in [-0.2, -0.15) is 4.31 Å². The summed E-state index contributed by atoms with van der Waals surface area (Å²) in [4.78, 5) is 24.8. The quantitative estimate of drug-likeness (QED) is 0.564. The molecule has 0 heterocycles. The Hall–Kier alpha value is -2.62. The van der Waals surface area contributed by atoms with E-state index >= 15 is 0 Å². The second kappa shape index (κ2) is 10.6. The third-order valence-electron chi connectivity index (χ3n) is 4.51. The van der Waals surface area contributed by atoms with Crippen molar-refractivity contribution in [2.75, 3.05) is 25.5 Å². The third kappa shape index (κ3) is 5.75. The Balaban J connectivity index is 2.19. The molecule has 2 aromatic rings. The number of hydrogen-bond acceptors (Lipinski definition) is 6. The number of methoxy groups -OCH3 is 1. The molecule has 0 aromatic heterocycles. The molecular formula is C21H25ClN2O6S. The third-order valence-corrected chi connectivity index (χ3v) is 7.04. The number of nitrogens with one attached hydrogen (secondary N) is 1. The number of ether oxygens (including phenoxy) is 2. The van der Waals surface area contributed by atoms with Gasteiger partial charge in [-0.3, -0.25) is 4.79 Å². The van der Waals surface area contributed by atoms with Gasteiger partial charge in [0.1, 0.15) is 10.6 Å². The first-order valence-electron chi connectivity index (χ1n) is 9.60. The number of nitrogens with zero attached hydrogens (tertiary/aromatic N) is 1. The van der Waals surface area contributed by atoms with Crippen LogP contribution in [-0.4, -0.2) is 50.9 Å². The van der Waals surface area contributed by atoms with Gasteiger partial charge in [0.15, 0.2) is 6.10 Å². The fourth-order valence-corrected chi connectivity index (χ4v) is 4.75. The number of hydrogen-bond donors (Lipinski definition) is 1. The Morgan fingerprint density at radius 1 is 1.13 bits per heavy atom. The Labute approximate surface area is 187 Å². The van der Waals surface area contributed by atoms with Crippen molar-refractivity contribution < 1.29 is 27.5 Å². The van der Waals surface area contributed by atoms with Crippen molar-refractivity contribution in [3.63, 3.8) is 0 Å². The van der Waals surface area contributed by atoms with E-state index in [0.29, 0.717) is 11.4 Å². The topological polar surface area (TPSA) is 102 Å². The molecule has 0 radical (unpaired) electrons. The summed E-state index contributed by atoms with van der Waals surface area (Å²) < 4.78 is 37.2. The molecule has 0 aliphatic heterocycles. The number of benzene rings is 2. The molecule has 0 saturated carbocycles. The van der Waals surface area contributed by atoms with Crippen LogP contribution in [0.5, 0.6) is 5.75 Å². The van der Waals surface area contributed by atoms with Crippen LogP contribution >= 0.6 is 11.6 Å². The van der Waals surface area contributed by atoms with E-state index in [4.69, 9.17) is 21.1 Å². The largest absolute Gasteiger partial charge is 0.495 e. The second-order valence-corrected chi connectivity index (χ2v) is 8.79. The van der Waals surface area contributed by atoms with E-state index in [-0.39, 0.29) is 28.6 Å². The highest BCUT2D eigenvalue weighted by Gasteiger charge is 2.27. The number of carbonyl (C=O) groups is 2. The molecule has 8 nitrogen and oxygen atoms in total. The molecule has 2 aromatic carbocycles. The number of sulfonamides is 1. The van der Waals surface area contributed by atoms with Crippen molar-refractivity contribution in [2.24, 2.45) is 0 Å². The molecule has 0 aliphatic rings. The van der Waals surface area contributed by atoms with Gasteiger partial charge in [0.05, 0.1) is 23.4 Å². The fourth-order valence-electron chi connectivity index (χ4n) is 2.80. The van der Waals surface area contributed by atoms with Gasteiger partial charge in [0, 0.05) is 13.1 Å². The normalized spacial score (nSPS) is 12.3. The summed E-state index contributed by atoms with van der Waals surface area (Å²) in [6.07, 6.45) is -1.14. The van der Waals surface area contributed by atoms with Gasteiger partial charge in [-0.15, -0.1) is 0 Å². The number of anilines is 1. The number of halogens is 1. The van der Waals surface area contributed by atoms with E-state index in [1.807, 2.05) is 0 Å². The minimum absolute atomic E-state index is 0.00888. The van der Waals surface area contributed by atoms with Crippen molar-refractivity contribution >= 4 is 39.2 Å². The molecule has 0 saturated heterocycles. The van der Waals surface area contributed by atoms with Gasteiger partial charge in [0.25, 0.3) is 5.91 Å². The molecule has 31 heavy (non-hydrogen) atoms. The number of amides is 1. The Bertz CT molecular complexity index is 1050. The average molecular weight is 469 g/mol. The molecule has 1 amide bonds. The van der Waals surface area contributed by atoms with E-state index in [2.05, 4.69) is 5.32 Å². The smallest absolute Gasteiger partial charge is 0.338 e. The average Bonchev–Trinajstić information content (AvgIpc) is 2.74. The molecule has 1 N–H and O–H groups in total. The van der Waals surface area contributed by atoms with Gasteiger partial charge in [-0.1, -0.05) is 37.6 Å². The van der Waals surface area contributed by atoms with Gasteiger partial charge in [-0.05, 0) is 37.3 Å². The Kier molecular flexibility index (Phi) is 8.43.